The Bertz CT molecular complexity index is 493. The minimum absolute atomic E-state index is 0.338. The molecule has 2 nitrogen and oxygen atoms in total. The Labute approximate surface area is 103 Å². The predicted molar refractivity (Wildman–Crippen MR) is 73.0 cm³/mol. The maximum atomic E-state index is 4.75. The van der Waals surface area contributed by atoms with Crippen molar-refractivity contribution < 1.29 is 0 Å². The minimum Gasteiger partial charge on any atom is -0.311 e. The lowest BCUT2D eigenvalue weighted by Crippen LogP contribution is -2.24. The van der Waals surface area contributed by atoms with Gasteiger partial charge in [-0.3, -0.25) is 4.98 Å². The second kappa shape index (κ2) is 5.28. The molecule has 2 atom stereocenters. The van der Waals surface area contributed by atoms with Crippen molar-refractivity contribution in [1.82, 2.24) is 10.3 Å². The number of pyridine rings is 1. The van der Waals surface area contributed by atoms with Crippen molar-refractivity contribution >= 4 is 10.9 Å². The molecule has 2 heteroatoms. The monoisotopic (exact) mass is 228 g/mol. The smallest absolute Gasteiger partial charge is 0.0706 e. The predicted octanol–water partition coefficient (Wildman–Crippen LogP) is 3.54. The minimum atomic E-state index is 0.338. The van der Waals surface area contributed by atoms with E-state index in [4.69, 9.17) is 4.98 Å². The molecular formula is C15H20N2. The average molecular weight is 228 g/mol. The lowest BCUT2D eigenvalue weighted by Gasteiger charge is -2.22. The molecule has 0 bridgehead atoms. The molecule has 90 valence electrons. The van der Waals surface area contributed by atoms with Crippen molar-refractivity contribution in [2.24, 2.45) is 5.92 Å². The Morgan fingerprint density at radius 2 is 1.94 bits per heavy atom. The van der Waals surface area contributed by atoms with Crippen LogP contribution < -0.4 is 5.32 Å². The van der Waals surface area contributed by atoms with Crippen LogP contribution in [-0.2, 0) is 0 Å². The molecule has 0 saturated carbocycles. The SMILES string of the molecule is CCC(C)C(NC)c1ccc2ccccc2n1. The number of rotatable bonds is 4. The van der Waals surface area contributed by atoms with Gasteiger partial charge in [0.25, 0.3) is 0 Å². The molecule has 0 radical (unpaired) electrons. The molecule has 17 heavy (non-hydrogen) atoms. The molecule has 1 aromatic heterocycles. The van der Waals surface area contributed by atoms with Gasteiger partial charge in [0.2, 0.25) is 0 Å². The number of para-hydroxylation sites is 1. The number of nitrogens with one attached hydrogen (secondary N) is 1. The topological polar surface area (TPSA) is 24.9 Å². The standard InChI is InChI=1S/C15H20N2/c1-4-11(2)15(16-3)14-10-9-12-7-5-6-8-13(12)17-14/h5-11,15-16H,4H2,1-3H3. The third-order valence-corrected chi connectivity index (χ3v) is 3.46. The van der Waals surface area contributed by atoms with Crippen LogP contribution in [-0.4, -0.2) is 12.0 Å². The van der Waals surface area contributed by atoms with Gasteiger partial charge in [-0.1, -0.05) is 44.5 Å². The van der Waals surface area contributed by atoms with Crippen LogP contribution in [0.2, 0.25) is 0 Å². The molecule has 0 aliphatic carbocycles. The lowest BCUT2D eigenvalue weighted by molar-refractivity contribution is 0.393. The van der Waals surface area contributed by atoms with E-state index in [1.165, 1.54) is 5.39 Å². The van der Waals surface area contributed by atoms with Crippen molar-refractivity contribution in [3.05, 3.63) is 42.1 Å². The fraction of sp³-hybridized carbons (Fsp3) is 0.400. The van der Waals surface area contributed by atoms with E-state index in [9.17, 15) is 0 Å². The number of fused-ring (bicyclic) bond motifs is 1. The summed E-state index contributed by atoms with van der Waals surface area (Å²) in [4.78, 5) is 4.75. The van der Waals surface area contributed by atoms with Crippen molar-refractivity contribution in [3.8, 4) is 0 Å². The van der Waals surface area contributed by atoms with E-state index >= 15 is 0 Å². The highest BCUT2D eigenvalue weighted by Gasteiger charge is 2.17. The Morgan fingerprint density at radius 3 is 2.65 bits per heavy atom. The second-order valence-electron chi connectivity index (χ2n) is 4.58. The zero-order chi connectivity index (χ0) is 12.3. The molecule has 2 unspecified atom stereocenters. The van der Waals surface area contributed by atoms with Gasteiger partial charge in [-0.2, -0.15) is 0 Å². The molecule has 1 heterocycles. The fourth-order valence-corrected chi connectivity index (χ4v) is 2.21. The van der Waals surface area contributed by atoms with Gasteiger partial charge in [-0.15, -0.1) is 0 Å². The molecule has 2 rings (SSSR count). The van der Waals surface area contributed by atoms with Crippen LogP contribution in [0.15, 0.2) is 36.4 Å². The third kappa shape index (κ3) is 2.47. The molecule has 0 aliphatic heterocycles. The summed E-state index contributed by atoms with van der Waals surface area (Å²) in [7, 11) is 2.01. The summed E-state index contributed by atoms with van der Waals surface area (Å²) >= 11 is 0. The van der Waals surface area contributed by atoms with Gasteiger partial charge in [0.15, 0.2) is 0 Å². The van der Waals surface area contributed by atoms with Crippen LogP contribution in [0.3, 0.4) is 0 Å². The van der Waals surface area contributed by atoms with Gasteiger partial charge >= 0.3 is 0 Å². The van der Waals surface area contributed by atoms with Gasteiger partial charge in [0.05, 0.1) is 17.3 Å². The fourth-order valence-electron chi connectivity index (χ4n) is 2.21. The summed E-state index contributed by atoms with van der Waals surface area (Å²) in [6.07, 6.45) is 1.15. The van der Waals surface area contributed by atoms with E-state index in [0.717, 1.165) is 17.6 Å². The summed E-state index contributed by atoms with van der Waals surface area (Å²) in [5.41, 5.74) is 2.22. The molecule has 0 fully saturated rings. The van der Waals surface area contributed by atoms with Crippen molar-refractivity contribution in [2.45, 2.75) is 26.3 Å². The number of aromatic nitrogens is 1. The van der Waals surface area contributed by atoms with Crippen LogP contribution in [0.4, 0.5) is 0 Å². The number of nitrogens with zero attached hydrogens (tertiary/aromatic N) is 1. The Kier molecular flexibility index (Phi) is 3.75. The highest BCUT2D eigenvalue weighted by Crippen LogP contribution is 2.24. The average Bonchev–Trinajstić information content (AvgIpc) is 2.39. The van der Waals surface area contributed by atoms with Crippen molar-refractivity contribution in [2.75, 3.05) is 7.05 Å². The Hall–Kier alpha value is -1.41. The van der Waals surface area contributed by atoms with E-state index in [2.05, 4.69) is 43.4 Å². The van der Waals surface area contributed by atoms with Crippen LogP contribution in [0, 0.1) is 5.92 Å². The summed E-state index contributed by atoms with van der Waals surface area (Å²) in [6, 6.07) is 12.9. The van der Waals surface area contributed by atoms with E-state index in [-0.39, 0.29) is 0 Å². The summed E-state index contributed by atoms with van der Waals surface area (Å²) in [6.45, 7) is 4.48. The zero-order valence-electron chi connectivity index (χ0n) is 10.8. The Balaban J connectivity index is 2.40. The molecular weight excluding hydrogens is 208 g/mol. The number of benzene rings is 1. The lowest BCUT2D eigenvalue weighted by atomic mass is 9.95. The first-order valence-electron chi connectivity index (χ1n) is 6.29. The first kappa shape index (κ1) is 12.1. The van der Waals surface area contributed by atoms with Crippen molar-refractivity contribution in [3.63, 3.8) is 0 Å². The largest absolute Gasteiger partial charge is 0.311 e. The van der Waals surface area contributed by atoms with Crippen molar-refractivity contribution in [1.29, 1.82) is 0 Å². The molecule has 1 N–H and O–H groups in total. The molecule has 0 saturated heterocycles. The summed E-state index contributed by atoms with van der Waals surface area (Å²) < 4.78 is 0. The van der Waals surface area contributed by atoms with E-state index in [1.54, 1.807) is 0 Å². The third-order valence-electron chi connectivity index (χ3n) is 3.46. The van der Waals surface area contributed by atoms with Gasteiger partial charge in [-0.05, 0) is 25.1 Å². The van der Waals surface area contributed by atoms with E-state index in [1.807, 2.05) is 19.2 Å². The number of hydrogen-bond donors (Lipinski definition) is 1. The summed E-state index contributed by atoms with van der Waals surface area (Å²) in [5.74, 6) is 0.591. The molecule has 1 aromatic carbocycles. The highest BCUT2D eigenvalue weighted by atomic mass is 14.9. The van der Waals surface area contributed by atoms with E-state index in [0.29, 0.717) is 12.0 Å². The van der Waals surface area contributed by atoms with Crippen LogP contribution in [0.25, 0.3) is 10.9 Å². The maximum Gasteiger partial charge on any atom is 0.0706 e. The van der Waals surface area contributed by atoms with Gasteiger partial charge in [0.1, 0.15) is 0 Å². The zero-order valence-corrected chi connectivity index (χ0v) is 10.8. The molecule has 0 amide bonds. The van der Waals surface area contributed by atoms with E-state index < -0.39 is 0 Å². The quantitative estimate of drug-likeness (QED) is 0.865. The maximum absolute atomic E-state index is 4.75. The normalized spacial score (nSPS) is 14.8. The molecule has 0 spiro atoms. The summed E-state index contributed by atoms with van der Waals surface area (Å²) in [5, 5.41) is 4.58. The van der Waals surface area contributed by atoms with Crippen LogP contribution in [0.5, 0.6) is 0 Å². The van der Waals surface area contributed by atoms with Crippen LogP contribution in [0.1, 0.15) is 32.0 Å². The van der Waals surface area contributed by atoms with Crippen LogP contribution >= 0.6 is 0 Å². The highest BCUT2D eigenvalue weighted by molar-refractivity contribution is 5.78. The van der Waals surface area contributed by atoms with Gasteiger partial charge in [0, 0.05) is 5.39 Å². The second-order valence-corrected chi connectivity index (χ2v) is 4.58. The van der Waals surface area contributed by atoms with Gasteiger partial charge < -0.3 is 5.32 Å². The number of hydrogen-bond acceptors (Lipinski definition) is 2. The van der Waals surface area contributed by atoms with Gasteiger partial charge in [-0.25, -0.2) is 0 Å². The Morgan fingerprint density at radius 1 is 1.18 bits per heavy atom. The molecule has 2 aromatic rings. The first-order chi connectivity index (χ1) is 8.26. The first-order valence-corrected chi connectivity index (χ1v) is 6.29. The molecule has 0 aliphatic rings.